The zero-order chi connectivity index (χ0) is 17.4. The van der Waals surface area contributed by atoms with Crippen LogP contribution in [0.4, 0.5) is 4.39 Å². The first-order valence-corrected chi connectivity index (χ1v) is 8.19. The Kier molecular flexibility index (Phi) is 6.94. The fourth-order valence-corrected chi connectivity index (χ4v) is 2.65. The molecule has 128 valence electrons. The van der Waals surface area contributed by atoms with Gasteiger partial charge in [0.15, 0.2) is 0 Å². The van der Waals surface area contributed by atoms with Gasteiger partial charge in [0, 0.05) is 19.4 Å². The molecule has 0 spiro atoms. The van der Waals surface area contributed by atoms with Gasteiger partial charge in [0.1, 0.15) is 17.3 Å². The predicted octanol–water partition coefficient (Wildman–Crippen LogP) is 3.58. The molecule has 4 heteroatoms. The van der Waals surface area contributed by atoms with E-state index >= 15 is 0 Å². The van der Waals surface area contributed by atoms with E-state index in [-0.39, 0.29) is 30.5 Å². The number of carbonyl (C=O) groups excluding carboxylic acids is 1. The number of aliphatic hydroxyl groups is 1. The predicted molar refractivity (Wildman–Crippen MR) is 91.6 cm³/mol. The second-order valence-corrected chi connectivity index (χ2v) is 5.88. The molecule has 1 N–H and O–H groups in total. The Morgan fingerprint density at radius 2 is 1.71 bits per heavy atom. The number of carbonyl (C=O) groups is 1. The van der Waals surface area contributed by atoms with Crippen LogP contribution in [0.3, 0.4) is 0 Å². The second kappa shape index (κ2) is 9.18. The van der Waals surface area contributed by atoms with Gasteiger partial charge in [-0.2, -0.15) is 0 Å². The van der Waals surface area contributed by atoms with Crippen LogP contribution in [-0.2, 0) is 17.6 Å². The third-order valence-electron chi connectivity index (χ3n) is 3.85. The van der Waals surface area contributed by atoms with E-state index in [0.29, 0.717) is 19.4 Å². The molecule has 0 radical (unpaired) electrons. The number of benzene rings is 2. The van der Waals surface area contributed by atoms with E-state index in [1.165, 1.54) is 12.1 Å². The molecular formula is C20H23FO3. The van der Waals surface area contributed by atoms with Crippen molar-refractivity contribution >= 4 is 5.78 Å². The summed E-state index contributed by atoms with van der Waals surface area (Å²) in [6, 6.07) is 13.6. The highest BCUT2D eigenvalue weighted by molar-refractivity contribution is 5.81. The van der Waals surface area contributed by atoms with Gasteiger partial charge in [-0.05, 0) is 54.7 Å². The Balaban J connectivity index is 1.88. The molecule has 24 heavy (non-hydrogen) atoms. The van der Waals surface area contributed by atoms with Gasteiger partial charge in [-0.25, -0.2) is 4.39 Å². The molecule has 0 aliphatic heterocycles. The molecule has 0 saturated heterocycles. The smallest absolute Gasteiger partial charge is 0.137 e. The lowest BCUT2D eigenvalue weighted by atomic mass is 9.93. The highest BCUT2D eigenvalue weighted by atomic mass is 19.1. The summed E-state index contributed by atoms with van der Waals surface area (Å²) >= 11 is 0. The quantitative estimate of drug-likeness (QED) is 0.764. The van der Waals surface area contributed by atoms with Crippen LogP contribution in [0, 0.1) is 11.7 Å². The zero-order valence-electron chi connectivity index (χ0n) is 13.9. The van der Waals surface area contributed by atoms with Crippen LogP contribution in [0.1, 0.15) is 24.5 Å². The number of hydrogen-bond donors (Lipinski definition) is 1. The highest BCUT2D eigenvalue weighted by Crippen LogP contribution is 2.18. The van der Waals surface area contributed by atoms with Crippen LogP contribution in [0.25, 0.3) is 0 Å². The van der Waals surface area contributed by atoms with E-state index in [4.69, 9.17) is 4.74 Å². The number of ether oxygens (including phenoxy) is 1. The molecule has 0 saturated carbocycles. The first-order valence-electron chi connectivity index (χ1n) is 8.19. The Morgan fingerprint density at radius 1 is 1.08 bits per heavy atom. The molecule has 2 aromatic rings. The molecule has 1 atom stereocenters. The van der Waals surface area contributed by atoms with E-state index in [1.807, 2.05) is 31.2 Å². The number of halogens is 1. The normalized spacial score (nSPS) is 12.0. The van der Waals surface area contributed by atoms with Crippen molar-refractivity contribution in [2.75, 3.05) is 13.2 Å². The van der Waals surface area contributed by atoms with Gasteiger partial charge in [0.05, 0.1) is 6.61 Å². The SMILES string of the molecule is CCOc1ccc(CC(CO)CC(=O)Cc2ccc(F)cc2)cc1. The lowest BCUT2D eigenvalue weighted by Gasteiger charge is -2.14. The number of rotatable bonds is 9. The molecule has 0 heterocycles. The standard InChI is InChI=1S/C20H23FO3/c1-2-24-20-9-5-15(6-10-20)11-17(14-22)13-19(23)12-16-3-7-18(21)8-4-16/h3-10,17,22H,2,11-14H2,1H3. The fourth-order valence-electron chi connectivity index (χ4n) is 2.65. The van der Waals surface area contributed by atoms with E-state index in [2.05, 4.69) is 0 Å². The number of hydrogen-bond acceptors (Lipinski definition) is 3. The van der Waals surface area contributed by atoms with Crippen LogP contribution >= 0.6 is 0 Å². The Bertz CT molecular complexity index is 635. The maximum Gasteiger partial charge on any atom is 0.137 e. The monoisotopic (exact) mass is 330 g/mol. The number of aliphatic hydroxyl groups excluding tert-OH is 1. The van der Waals surface area contributed by atoms with Crippen molar-refractivity contribution < 1.29 is 19.0 Å². The lowest BCUT2D eigenvalue weighted by molar-refractivity contribution is -0.119. The molecule has 0 aliphatic rings. The first-order chi connectivity index (χ1) is 11.6. The first kappa shape index (κ1) is 18.1. The zero-order valence-corrected chi connectivity index (χ0v) is 13.9. The molecule has 0 aromatic heterocycles. The minimum Gasteiger partial charge on any atom is -0.494 e. The summed E-state index contributed by atoms with van der Waals surface area (Å²) in [5.74, 6) is 0.437. The van der Waals surface area contributed by atoms with E-state index in [0.717, 1.165) is 16.9 Å². The highest BCUT2D eigenvalue weighted by Gasteiger charge is 2.14. The van der Waals surface area contributed by atoms with E-state index in [9.17, 15) is 14.3 Å². The summed E-state index contributed by atoms with van der Waals surface area (Å²) in [5.41, 5.74) is 1.85. The average Bonchev–Trinajstić information content (AvgIpc) is 2.58. The molecule has 0 aliphatic carbocycles. The maximum atomic E-state index is 12.9. The van der Waals surface area contributed by atoms with Crippen molar-refractivity contribution in [1.82, 2.24) is 0 Å². The molecule has 3 nitrogen and oxygen atoms in total. The van der Waals surface area contributed by atoms with Crippen LogP contribution in [0.5, 0.6) is 5.75 Å². The fraction of sp³-hybridized carbons (Fsp3) is 0.350. The summed E-state index contributed by atoms with van der Waals surface area (Å²) in [5, 5.41) is 9.55. The molecule has 0 bridgehead atoms. The van der Waals surface area contributed by atoms with Gasteiger partial charge >= 0.3 is 0 Å². The molecule has 2 aromatic carbocycles. The summed E-state index contributed by atoms with van der Waals surface area (Å²) in [6.07, 6.45) is 1.21. The maximum absolute atomic E-state index is 12.9. The van der Waals surface area contributed by atoms with Gasteiger partial charge in [-0.3, -0.25) is 4.79 Å². The summed E-state index contributed by atoms with van der Waals surface area (Å²) < 4.78 is 18.3. The Labute approximate surface area is 142 Å². The van der Waals surface area contributed by atoms with E-state index in [1.54, 1.807) is 12.1 Å². The summed E-state index contributed by atoms with van der Waals surface area (Å²) in [7, 11) is 0. The van der Waals surface area contributed by atoms with Gasteiger partial charge in [0.2, 0.25) is 0 Å². The van der Waals surface area contributed by atoms with Gasteiger partial charge in [0.25, 0.3) is 0 Å². The van der Waals surface area contributed by atoms with Crippen molar-refractivity contribution in [2.45, 2.75) is 26.2 Å². The van der Waals surface area contributed by atoms with Crippen LogP contribution in [0.2, 0.25) is 0 Å². The van der Waals surface area contributed by atoms with Crippen molar-refractivity contribution in [2.24, 2.45) is 5.92 Å². The largest absolute Gasteiger partial charge is 0.494 e. The summed E-state index contributed by atoms with van der Waals surface area (Å²) in [6.45, 7) is 2.52. The molecule has 2 rings (SSSR count). The molecule has 1 unspecified atom stereocenters. The summed E-state index contributed by atoms with van der Waals surface area (Å²) in [4.78, 5) is 12.2. The average molecular weight is 330 g/mol. The second-order valence-electron chi connectivity index (χ2n) is 5.88. The molecule has 0 amide bonds. The van der Waals surface area contributed by atoms with Crippen LogP contribution in [0.15, 0.2) is 48.5 Å². The van der Waals surface area contributed by atoms with Crippen molar-refractivity contribution in [1.29, 1.82) is 0 Å². The van der Waals surface area contributed by atoms with Gasteiger partial charge in [-0.1, -0.05) is 24.3 Å². The number of Topliss-reactive ketones (excluding diaryl/α,β-unsaturated/α-hetero) is 1. The van der Waals surface area contributed by atoms with E-state index < -0.39 is 0 Å². The Morgan fingerprint density at radius 3 is 2.29 bits per heavy atom. The van der Waals surface area contributed by atoms with Crippen molar-refractivity contribution in [3.8, 4) is 5.75 Å². The molecule has 0 fully saturated rings. The van der Waals surface area contributed by atoms with Crippen molar-refractivity contribution in [3.05, 3.63) is 65.5 Å². The van der Waals surface area contributed by atoms with Gasteiger partial charge < -0.3 is 9.84 Å². The minimum absolute atomic E-state index is 0.0393. The van der Waals surface area contributed by atoms with Gasteiger partial charge in [-0.15, -0.1) is 0 Å². The van der Waals surface area contributed by atoms with Crippen LogP contribution in [-0.4, -0.2) is 24.1 Å². The topological polar surface area (TPSA) is 46.5 Å². The number of ketones is 1. The Hall–Kier alpha value is -2.20. The third kappa shape index (κ3) is 5.78. The van der Waals surface area contributed by atoms with Crippen LogP contribution < -0.4 is 4.74 Å². The van der Waals surface area contributed by atoms with Crippen molar-refractivity contribution in [3.63, 3.8) is 0 Å². The lowest BCUT2D eigenvalue weighted by Crippen LogP contribution is -2.16. The molecular weight excluding hydrogens is 307 g/mol. The minimum atomic E-state index is -0.310. The third-order valence-corrected chi connectivity index (χ3v) is 3.85.